The largest absolute Gasteiger partial charge is 0.467 e. The Morgan fingerprint density at radius 1 is 1.22 bits per heavy atom. The van der Waals surface area contributed by atoms with Crippen molar-refractivity contribution in [2.45, 2.75) is 26.6 Å². The molecular weight excluding hydrogens is 484 g/mol. The van der Waals surface area contributed by atoms with Gasteiger partial charge in [-0.3, -0.25) is 0 Å². The molecule has 0 spiro atoms. The van der Waals surface area contributed by atoms with E-state index in [1.54, 1.807) is 0 Å². The second kappa shape index (κ2) is 10.7. The first-order valence-electron chi connectivity index (χ1n) is 8.44. The van der Waals surface area contributed by atoms with Gasteiger partial charge in [0.1, 0.15) is 11.6 Å². The van der Waals surface area contributed by atoms with E-state index in [2.05, 4.69) is 15.6 Å². The molecule has 1 aliphatic heterocycles. The van der Waals surface area contributed by atoms with Gasteiger partial charge in [0.2, 0.25) is 0 Å². The third-order valence-corrected chi connectivity index (χ3v) is 4.28. The first-order chi connectivity index (χ1) is 12.7. The lowest BCUT2D eigenvalue weighted by Gasteiger charge is -2.20. The van der Waals surface area contributed by atoms with Gasteiger partial charge < -0.3 is 20.1 Å². The van der Waals surface area contributed by atoms with Crippen LogP contribution in [0.3, 0.4) is 0 Å². The molecule has 1 heterocycles. The molecule has 1 aliphatic rings. The summed E-state index contributed by atoms with van der Waals surface area (Å²) < 4.78 is 24.6. The van der Waals surface area contributed by atoms with E-state index in [1.807, 2.05) is 31.2 Å². The van der Waals surface area contributed by atoms with Gasteiger partial charge in [0.15, 0.2) is 12.8 Å². The predicted octanol–water partition coefficient (Wildman–Crippen LogP) is 4.22. The van der Waals surface area contributed by atoms with Crippen LogP contribution >= 0.6 is 35.6 Å². The maximum atomic E-state index is 13.8. The molecule has 0 amide bonds. The van der Waals surface area contributed by atoms with Crippen molar-refractivity contribution in [1.29, 1.82) is 0 Å². The number of guanidine groups is 1. The third kappa shape index (κ3) is 5.95. The van der Waals surface area contributed by atoms with E-state index in [1.165, 1.54) is 12.1 Å². The number of hydrogen-bond acceptors (Lipinski definition) is 3. The first kappa shape index (κ1) is 21.7. The number of fused-ring (bicyclic) bond motifs is 1. The molecule has 2 aromatic carbocycles. The standard InChI is InChI=1S/C19H21ClFN3O2.HI/c1-2-22-19(23-9-13-5-3-4-6-17(13)20)24-10-14-7-16(21)8-15-11-25-12-26-18(14)15;/h3-8H,2,9-12H2,1H3,(H2,22,23,24);1H. The van der Waals surface area contributed by atoms with Crippen molar-refractivity contribution in [2.75, 3.05) is 13.3 Å². The van der Waals surface area contributed by atoms with Gasteiger partial charge in [-0.05, 0) is 30.7 Å². The molecule has 0 aliphatic carbocycles. The number of nitrogens with one attached hydrogen (secondary N) is 2. The molecule has 0 saturated heterocycles. The zero-order valence-electron chi connectivity index (χ0n) is 14.9. The number of rotatable bonds is 5. The van der Waals surface area contributed by atoms with E-state index in [0.29, 0.717) is 47.6 Å². The quantitative estimate of drug-likeness (QED) is 0.363. The molecule has 0 saturated carbocycles. The molecule has 0 atom stereocenters. The fraction of sp³-hybridized carbons (Fsp3) is 0.316. The third-order valence-electron chi connectivity index (χ3n) is 3.91. The van der Waals surface area contributed by atoms with E-state index in [-0.39, 0.29) is 43.1 Å². The summed E-state index contributed by atoms with van der Waals surface area (Å²) in [5, 5.41) is 7.11. The first-order valence-corrected chi connectivity index (χ1v) is 8.82. The van der Waals surface area contributed by atoms with E-state index < -0.39 is 0 Å². The van der Waals surface area contributed by atoms with Crippen LogP contribution in [0.4, 0.5) is 4.39 Å². The maximum Gasteiger partial charge on any atom is 0.191 e. The smallest absolute Gasteiger partial charge is 0.191 e. The number of halogens is 3. The zero-order valence-corrected chi connectivity index (χ0v) is 18.0. The van der Waals surface area contributed by atoms with Crippen LogP contribution in [0, 0.1) is 5.82 Å². The van der Waals surface area contributed by atoms with Crippen molar-refractivity contribution in [2.24, 2.45) is 4.99 Å². The average Bonchev–Trinajstić information content (AvgIpc) is 2.64. The van der Waals surface area contributed by atoms with Crippen molar-refractivity contribution in [3.8, 4) is 5.75 Å². The van der Waals surface area contributed by atoms with Crippen molar-refractivity contribution < 1.29 is 13.9 Å². The van der Waals surface area contributed by atoms with Gasteiger partial charge in [0, 0.05) is 29.2 Å². The van der Waals surface area contributed by atoms with Gasteiger partial charge in [-0.2, -0.15) is 0 Å². The molecule has 3 rings (SSSR count). The van der Waals surface area contributed by atoms with Crippen LogP contribution in [-0.2, 0) is 24.4 Å². The van der Waals surface area contributed by atoms with Gasteiger partial charge >= 0.3 is 0 Å². The highest BCUT2D eigenvalue weighted by atomic mass is 127. The molecular formula is C19H22ClFIN3O2. The number of aliphatic imine (C=N–C) groups is 1. The molecule has 27 heavy (non-hydrogen) atoms. The molecule has 0 fully saturated rings. The van der Waals surface area contributed by atoms with Crippen molar-refractivity contribution in [3.63, 3.8) is 0 Å². The van der Waals surface area contributed by atoms with Crippen LogP contribution in [0.5, 0.6) is 5.75 Å². The summed E-state index contributed by atoms with van der Waals surface area (Å²) in [5.41, 5.74) is 2.37. The Morgan fingerprint density at radius 3 is 2.81 bits per heavy atom. The van der Waals surface area contributed by atoms with E-state index in [9.17, 15) is 4.39 Å². The Bertz CT molecular complexity index is 805. The van der Waals surface area contributed by atoms with Crippen LogP contribution in [-0.4, -0.2) is 19.3 Å². The Hall–Kier alpha value is -1.58. The van der Waals surface area contributed by atoms with Crippen LogP contribution in [0.1, 0.15) is 23.6 Å². The summed E-state index contributed by atoms with van der Waals surface area (Å²) in [4.78, 5) is 4.54. The highest BCUT2D eigenvalue weighted by Crippen LogP contribution is 2.29. The molecule has 8 heteroatoms. The second-order valence-electron chi connectivity index (χ2n) is 5.80. The van der Waals surface area contributed by atoms with Gasteiger partial charge in [-0.1, -0.05) is 29.8 Å². The molecule has 5 nitrogen and oxygen atoms in total. The Balaban J connectivity index is 0.00000261. The topological polar surface area (TPSA) is 54.9 Å². The summed E-state index contributed by atoms with van der Waals surface area (Å²) in [7, 11) is 0. The Kier molecular flexibility index (Phi) is 8.59. The normalized spacial score (nSPS) is 13.2. The zero-order chi connectivity index (χ0) is 18.4. The molecule has 2 N–H and O–H groups in total. The van der Waals surface area contributed by atoms with Crippen molar-refractivity contribution in [3.05, 3.63) is 63.9 Å². The number of benzene rings is 2. The summed E-state index contributed by atoms with van der Waals surface area (Å²) in [6.45, 7) is 4.03. The van der Waals surface area contributed by atoms with Crippen LogP contribution in [0.2, 0.25) is 5.02 Å². The minimum atomic E-state index is -0.322. The maximum absolute atomic E-state index is 13.8. The highest BCUT2D eigenvalue weighted by molar-refractivity contribution is 14.0. The van der Waals surface area contributed by atoms with Crippen LogP contribution in [0.25, 0.3) is 0 Å². The summed E-state index contributed by atoms with van der Waals surface area (Å²) >= 11 is 6.18. The van der Waals surface area contributed by atoms with Gasteiger partial charge in [-0.25, -0.2) is 9.38 Å². The molecule has 0 unspecified atom stereocenters. The van der Waals surface area contributed by atoms with E-state index in [4.69, 9.17) is 21.1 Å². The lowest BCUT2D eigenvalue weighted by atomic mass is 10.1. The fourth-order valence-corrected chi connectivity index (χ4v) is 2.90. The van der Waals surface area contributed by atoms with Crippen LogP contribution < -0.4 is 15.4 Å². The van der Waals surface area contributed by atoms with Crippen LogP contribution in [0.15, 0.2) is 41.4 Å². The SMILES string of the molecule is CCNC(=NCc1cc(F)cc2c1OCOC2)NCc1ccccc1Cl.I. The van der Waals surface area contributed by atoms with Gasteiger partial charge in [0.25, 0.3) is 0 Å². The summed E-state index contributed by atoms with van der Waals surface area (Å²) in [5.74, 6) is 0.956. The van der Waals surface area contributed by atoms with Crippen molar-refractivity contribution in [1.82, 2.24) is 10.6 Å². The van der Waals surface area contributed by atoms with E-state index in [0.717, 1.165) is 5.56 Å². The van der Waals surface area contributed by atoms with Crippen molar-refractivity contribution >= 4 is 41.5 Å². The second-order valence-corrected chi connectivity index (χ2v) is 6.21. The summed E-state index contributed by atoms with van der Waals surface area (Å²) in [6.07, 6.45) is 0. The monoisotopic (exact) mass is 505 g/mol. The average molecular weight is 506 g/mol. The van der Waals surface area contributed by atoms with E-state index >= 15 is 0 Å². The summed E-state index contributed by atoms with van der Waals surface area (Å²) in [6, 6.07) is 10.5. The molecule has 2 aromatic rings. The van der Waals surface area contributed by atoms with Gasteiger partial charge in [0.05, 0.1) is 13.2 Å². The fourth-order valence-electron chi connectivity index (χ4n) is 2.70. The molecule has 0 aromatic heterocycles. The molecule has 0 radical (unpaired) electrons. The number of hydrogen-bond donors (Lipinski definition) is 2. The molecule has 146 valence electrons. The van der Waals surface area contributed by atoms with Gasteiger partial charge in [-0.15, -0.1) is 24.0 Å². The molecule has 0 bridgehead atoms. The Labute approximate surface area is 180 Å². The number of ether oxygens (including phenoxy) is 2. The minimum Gasteiger partial charge on any atom is -0.467 e. The predicted molar refractivity (Wildman–Crippen MR) is 115 cm³/mol. The number of nitrogens with zero attached hydrogens (tertiary/aromatic N) is 1. The minimum absolute atomic E-state index is 0. The lowest BCUT2D eigenvalue weighted by molar-refractivity contribution is -0.0172. The Morgan fingerprint density at radius 2 is 2.04 bits per heavy atom. The lowest BCUT2D eigenvalue weighted by Crippen LogP contribution is -2.36. The highest BCUT2D eigenvalue weighted by Gasteiger charge is 2.16.